The second-order valence-corrected chi connectivity index (χ2v) is 8.94. The van der Waals surface area contributed by atoms with Crippen LogP contribution in [0.2, 0.25) is 0 Å². The average Bonchev–Trinajstić information content (AvgIpc) is 3.21. The summed E-state index contributed by atoms with van der Waals surface area (Å²) in [4.78, 5) is 36.4. The van der Waals surface area contributed by atoms with Gasteiger partial charge in [-0.25, -0.2) is 9.78 Å². The third-order valence-electron chi connectivity index (χ3n) is 6.87. The van der Waals surface area contributed by atoms with Crippen molar-refractivity contribution in [1.29, 1.82) is 0 Å². The number of aromatic nitrogens is 2. The van der Waals surface area contributed by atoms with Gasteiger partial charge in [-0.05, 0) is 86.3 Å². The summed E-state index contributed by atoms with van der Waals surface area (Å²) >= 11 is 0. The highest BCUT2D eigenvalue weighted by Gasteiger charge is 2.27. The number of hydrogen-bond donors (Lipinski definition) is 2. The van der Waals surface area contributed by atoms with E-state index in [0.717, 1.165) is 48.5 Å². The Hall–Kier alpha value is -3.19. The van der Waals surface area contributed by atoms with E-state index in [-0.39, 0.29) is 17.2 Å². The Balaban J connectivity index is 1.43. The highest BCUT2D eigenvalue weighted by atomic mass is 16.4. The molecule has 7 heteroatoms. The highest BCUT2D eigenvalue weighted by molar-refractivity contribution is 5.88. The van der Waals surface area contributed by atoms with Crippen molar-refractivity contribution < 1.29 is 9.90 Å². The molecule has 0 bridgehead atoms. The number of carboxylic acid groups (broad SMARTS) is 1. The van der Waals surface area contributed by atoms with Gasteiger partial charge in [-0.15, -0.1) is 0 Å². The first-order valence-electron chi connectivity index (χ1n) is 11.3. The lowest BCUT2D eigenvalue weighted by atomic mass is 10.0. The molecular formula is C25H28N4O3. The largest absolute Gasteiger partial charge is 0.478 e. The van der Waals surface area contributed by atoms with E-state index in [1.807, 2.05) is 25.2 Å². The number of carbonyl (C=O) groups is 1. The number of hydrogen-bond acceptors (Lipinski definition) is 5. The van der Waals surface area contributed by atoms with Crippen molar-refractivity contribution in [2.24, 2.45) is 0 Å². The molecule has 1 atom stereocenters. The predicted octanol–water partition coefficient (Wildman–Crippen LogP) is 3.73. The zero-order valence-electron chi connectivity index (χ0n) is 18.3. The van der Waals surface area contributed by atoms with E-state index in [1.165, 1.54) is 24.8 Å². The lowest BCUT2D eigenvalue weighted by Crippen LogP contribution is -2.30. The zero-order chi connectivity index (χ0) is 22.2. The number of likely N-dealkylation sites (tertiary alicyclic amines) is 1. The maximum Gasteiger partial charge on any atom is 0.335 e. The van der Waals surface area contributed by atoms with Gasteiger partial charge in [0.15, 0.2) is 0 Å². The summed E-state index contributed by atoms with van der Waals surface area (Å²) in [5, 5.41) is 9.77. The van der Waals surface area contributed by atoms with E-state index < -0.39 is 5.97 Å². The van der Waals surface area contributed by atoms with Crippen LogP contribution in [0.3, 0.4) is 0 Å². The Morgan fingerprint density at radius 2 is 1.94 bits per heavy atom. The predicted molar refractivity (Wildman–Crippen MR) is 124 cm³/mol. The van der Waals surface area contributed by atoms with Gasteiger partial charge in [0.1, 0.15) is 5.82 Å². The fourth-order valence-electron chi connectivity index (χ4n) is 5.09. The lowest BCUT2D eigenvalue weighted by molar-refractivity contribution is 0.0697. The van der Waals surface area contributed by atoms with Gasteiger partial charge >= 0.3 is 5.97 Å². The number of anilines is 1. The molecule has 0 saturated carbocycles. The maximum absolute atomic E-state index is 12.9. The first kappa shape index (κ1) is 20.7. The van der Waals surface area contributed by atoms with E-state index in [2.05, 4.69) is 20.9 Å². The molecule has 1 aromatic heterocycles. The van der Waals surface area contributed by atoms with E-state index in [1.54, 1.807) is 12.1 Å². The van der Waals surface area contributed by atoms with Gasteiger partial charge < -0.3 is 15.0 Å². The number of H-pyrrole nitrogens is 1. The molecule has 1 aliphatic carbocycles. The van der Waals surface area contributed by atoms with E-state index in [9.17, 15) is 9.59 Å². The van der Waals surface area contributed by atoms with Crippen LogP contribution in [0.5, 0.6) is 0 Å². The van der Waals surface area contributed by atoms with Crippen LogP contribution in [-0.2, 0) is 13.0 Å². The quantitative estimate of drug-likeness (QED) is 0.639. The second kappa shape index (κ2) is 8.39. The number of nitrogens with zero attached hydrogens (tertiary/aromatic N) is 3. The normalized spacial score (nSPS) is 18.6. The third-order valence-corrected chi connectivity index (χ3v) is 6.87. The zero-order valence-corrected chi connectivity index (χ0v) is 18.3. The maximum atomic E-state index is 12.9. The molecule has 2 heterocycles. The number of nitrogens with one attached hydrogen (secondary N) is 1. The number of piperidine rings is 1. The molecule has 2 N–H and O–H groups in total. The first-order valence-corrected chi connectivity index (χ1v) is 11.3. The number of fused-ring (bicyclic) bond motifs is 2. The third kappa shape index (κ3) is 3.88. The van der Waals surface area contributed by atoms with Crippen LogP contribution in [0.1, 0.15) is 59.0 Å². The van der Waals surface area contributed by atoms with Crippen molar-refractivity contribution >= 4 is 22.6 Å². The van der Waals surface area contributed by atoms with Crippen molar-refractivity contribution in [3.05, 3.63) is 69.3 Å². The van der Waals surface area contributed by atoms with Gasteiger partial charge in [0.2, 0.25) is 0 Å². The number of aromatic carboxylic acids is 1. The minimum Gasteiger partial charge on any atom is -0.478 e. The summed E-state index contributed by atoms with van der Waals surface area (Å²) in [6.45, 7) is 2.82. The van der Waals surface area contributed by atoms with Crippen LogP contribution in [0.15, 0.2) is 41.2 Å². The molecule has 7 nitrogen and oxygen atoms in total. The fourth-order valence-corrected chi connectivity index (χ4v) is 5.09. The molecule has 1 saturated heterocycles. The summed E-state index contributed by atoms with van der Waals surface area (Å²) in [5.74, 6) is -0.183. The summed E-state index contributed by atoms with van der Waals surface area (Å²) in [6.07, 6.45) is 5.58. The van der Waals surface area contributed by atoms with Gasteiger partial charge in [-0.2, -0.15) is 0 Å². The molecule has 2 aliphatic rings. The van der Waals surface area contributed by atoms with Gasteiger partial charge in [0.25, 0.3) is 5.56 Å². The Morgan fingerprint density at radius 1 is 1.19 bits per heavy atom. The smallest absolute Gasteiger partial charge is 0.335 e. The number of rotatable bonds is 5. The summed E-state index contributed by atoms with van der Waals surface area (Å²) in [5.41, 5.74) is 4.31. The van der Waals surface area contributed by atoms with Crippen molar-refractivity contribution in [2.45, 2.75) is 44.7 Å². The van der Waals surface area contributed by atoms with Crippen molar-refractivity contribution in [1.82, 2.24) is 14.9 Å². The number of benzene rings is 2. The molecule has 5 rings (SSSR count). The monoisotopic (exact) mass is 432 g/mol. The van der Waals surface area contributed by atoms with Crippen LogP contribution >= 0.6 is 0 Å². The Morgan fingerprint density at radius 3 is 2.66 bits per heavy atom. The lowest BCUT2D eigenvalue weighted by Gasteiger charge is -2.28. The Bertz CT molecular complexity index is 1210. The summed E-state index contributed by atoms with van der Waals surface area (Å²) in [6, 6.07) is 11.2. The highest BCUT2D eigenvalue weighted by Crippen LogP contribution is 2.38. The minimum atomic E-state index is -0.928. The van der Waals surface area contributed by atoms with E-state index >= 15 is 0 Å². The van der Waals surface area contributed by atoms with Crippen LogP contribution < -0.4 is 10.5 Å². The van der Waals surface area contributed by atoms with Crippen LogP contribution in [0, 0.1) is 0 Å². The Labute approximate surface area is 186 Å². The standard InChI is InChI=1S/C25H28N4O3/c1-28(18-8-5-16(6-9-18)25(31)32)22-10-7-17-13-21-20(14-19(17)22)24(30)27-23(26-21)15-29-11-3-2-4-12-29/h5-6,8-9,13-14,22H,2-4,7,10-12,15H2,1H3,(H,31,32)(H,26,27,30). The molecule has 0 amide bonds. The van der Waals surface area contributed by atoms with Gasteiger partial charge in [-0.3, -0.25) is 9.69 Å². The van der Waals surface area contributed by atoms with E-state index in [4.69, 9.17) is 10.1 Å². The van der Waals surface area contributed by atoms with Gasteiger partial charge in [0, 0.05) is 12.7 Å². The molecule has 32 heavy (non-hydrogen) atoms. The molecule has 0 spiro atoms. The van der Waals surface area contributed by atoms with Crippen molar-refractivity contribution in [3.63, 3.8) is 0 Å². The molecule has 1 fully saturated rings. The summed E-state index contributed by atoms with van der Waals surface area (Å²) in [7, 11) is 2.02. The molecular weight excluding hydrogens is 404 g/mol. The van der Waals surface area contributed by atoms with Crippen LogP contribution in [0.25, 0.3) is 10.9 Å². The molecule has 166 valence electrons. The minimum absolute atomic E-state index is 0.0797. The molecule has 0 radical (unpaired) electrons. The van der Waals surface area contributed by atoms with Gasteiger partial charge in [0.05, 0.1) is 29.1 Å². The number of carboxylic acids is 1. The van der Waals surface area contributed by atoms with Crippen molar-refractivity contribution in [3.8, 4) is 0 Å². The Kier molecular flexibility index (Phi) is 5.43. The first-order chi connectivity index (χ1) is 15.5. The molecule has 3 aromatic rings. The SMILES string of the molecule is CN(c1ccc(C(=O)O)cc1)C1CCc2cc3nc(CN4CCCCC4)[nH]c(=O)c3cc21. The molecule has 1 aliphatic heterocycles. The fraction of sp³-hybridized carbons (Fsp3) is 0.400. The van der Waals surface area contributed by atoms with Gasteiger partial charge in [-0.1, -0.05) is 6.42 Å². The average molecular weight is 433 g/mol. The topological polar surface area (TPSA) is 89.5 Å². The van der Waals surface area contributed by atoms with Crippen LogP contribution in [0.4, 0.5) is 5.69 Å². The number of aryl methyl sites for hydroxylation is 1. The second-order valence-electron chi connectivity index (χ2n) is 8.94. The van der Waals surface area contributed by atoms with E-state index in [0.29, 0.717) is 11.9 Å². The number of aromatic amines is 1. The van der Waals surface area contributed by atoms with Crippen LogP contribution in [-0.4, -0.2) is 46.1 Å². The molecule has 2 aromatic carbocycles. The molecule has 1 unspecified atom stereocenters. The summed E-state index contributed by atoms with van der Waals surface area (Å²) < 4.78 is 0. The van der Waals surface area contributed by atoms with Crippen molar-refractivity contribution in [2.75, 3.05) is 25.0 Å².